The van der Waals surface area contributed by atoms with E-state index < -0.39 is 0 Å². The highest BCUT2D eigenvalue weighted by Crippen LogP contribution is 2.39. The number of methoxy groups -OCH3 is 1. The summed E-state index contributed by atoms with van der Waals surface area (Å²) in [6, 6.07) is 19.5. The van der Waals surface area contributed by atoms with Crippen LogP contribution in [0.5, 0.6) is 11.5 Å². The average molecular weight is 422 g/mol. The van der Waals surface area contributed by atoms with Gasteiger partial charge in [-0.15, -0.1) is 0 Å². The first kappa shape index (κ1) is 19.5. The zero-order chi connectivity index (χ0) is 20.4. The van der Waals surface area contributed by atoms with Gasteiger partial charge in [0.25, 0.3) is 5.91 Å². The number of benzene rings is 3. The van der Waals surface area contributed by atoms with E-state index in [0.29, 0.717) is 27.3 Å². The van der Waals surface area contributed by atoms with E-state index >= 15 is 0 Å². The van der Waals surface area contributed by atoms with Crippen LogP contribution in [0.4, 0.5) is 5.69 Å². The lowest BCUT2D eigenvalue weighted by molar-refractivity contribution is -0.113. The quantitative estimate of drug-likeness (QED) is 0.393. The number of fused-ring (bicyclic) bond motifs is 1. The summed E-state index contributed by atoms with van der Waals surface area (Å²) < 4.78 is 11.5. The molecule has 1 fully saturated rings. The third-order valence-electron chi connectivity index (χ3n) is 4.59. The van der Waals surface area contributed by atoms with Gasteiger partial charge < -0.3 is 9.47 Å². The summed E-state index contributed by atoms with van der Waals surface area (Å²) in [5, 5.41) is 2.06. The second-order valence-corrected chi connectivity index (χ2v) is 8.03. The highest BCUT2D eigenvalue weighted by atomic mass is 32.2. The molecule has 3 aromatic carbocycles. The number of carbonyl (C=O) groups is 1. The van der Waals surface area contributed by atoms with E-state index in [1.807, 2.05) is 73.7 Å². The zero-order valence-corrected chi connectivity index (χ0v) is 17.7. The topological polar surface area (TPSA) is 38.8 Å². The van der Waals surface area contributed by atoms with Gasteiger partial charge in [-0.05, 0) is 42.1 Å². The van der Waals surface area contributed by atoms with Gasteiger partial charge in [0.2, 0.25) is 0 Å². The summed E-state index contributed by atoms with van der Waals surface area (Å²) in [5.41, 5.74) is 1.66. The highest BCUT2D eigenvalue weighted by Gasteiger charge is 2.34. The minimum absolute atomic E-state index is 0.120. The molecule has 0 unspecified atom stereocenters. The van der Waals surface area contributed by atoms with Crippen molar-refractivity contribution in [3.05, 3.63) is 71.1 Å². The van der Waals surface area contributed by atoms with Crippen molar-refractivity contribution in [1.29, 1.82) is 0 Å². The second kappa shape index (κ2) is 8.27. The molecule has 4 rings (SSSR count). The summed E-state index contributed by atoms with van der Waals surface area (Å²) in [6.45, 7) is 2.45. The first-order valence-corrected chi connectivity index (χ1v) is 10.4. The smallest absolute Gasteiger partial charge is 0.270 e. The molecule has 6 heteroatoms. The lowest BCUT2D eigenvalue weighted by Crippen LogP contribution is -2.27. The molecule has 1 saturated heterocycles. The van der Waals surface area contributed by atoms with E-state index in [0.717, 1.165) is 22.0 Å². The van der Waals surface area contributed by atoms with Crippen molar-refractivity contribution in [3.8, 4) is 11.5 Å². The van der Waals surface area contributed by atoms with Gasteiger partial charge in [0.1, 0.15) is 0 Å². The van der Waals surface area contributed by atoms with E-state index in [9.17, 15) is 4.79 Å². The Morgan fingerprint density at radius 2 is 1.86 bits per heavy atom. The monoisotopic (exact) mass is 421 g/mol. The minimum Gasteiger partial charge on any atom is -0.493 e. The van der Waals surface area contributed by atoms with Gasteiger partial charge >= 0.3 is 0 Å². The van der Waals surface area contributed by atoms with Gasteiger partial charge in [-0.3, -0.25) is 9.69 Å². The Morgan fingerprint density at radius 3 is 2.66 bits per heavy atom. The molecule has 1 amide bonds. The molecule has 0 aliphatic carbocycles. The number of rotatable bonds is 5. The first-order chi connectivity index (χ1) is 14.1. The van der Waals surface area contributed by atoms with Gasteiger partial charge in [0, 0.05) is 5.39 Å². The van der Waals surface area contributed by atoms with Crippen molar-refractivity contribution in [2.45, 2.75) is 6.92 Å². The van der Waals surface area contributed by atoms with Crippen LogP contribution in [0, 0.1) is 0 Å². The van der Waals surface area contributed by atoms with Crippen LogP contribution < -0.4 is 14.4 Å². The third-order valence-corrected chi connectivity index (χ3v) is 5.89. The van der Waals surface area contributed by atoms with Crippen LogP contribution in [0.1, 0.15) is 12.5 Å². The number of nitrogens with zero attached hydrogens (tertiary/aromatic N) is 1. The van der Waals surface area contributed by atoms with E-state index in [1.165, 1.54) is 11.8 Å². The molecule has 0 N–H and O–H groups in total. The van der Waals surface area contributed by atoms with Crippen LogP contribution in [-0.2, 0) is 4.79 Å². The predicted molar refractivity (Wildman–Crippen MR) is 124 cm³/mol. The molecule has 0 atom stereocenters. The van der Waals surface area contributed by atoms with Crippen molar-refractivity contribution in [2.75, 3.05) is 18.6 Å². The number of hydrogen-bond acceptors (Lipinski definition) is 5. The summed E-state index contributed by atoms with van der Waals surface area (Å²) in [4.78, 5) is 15.4. The first-order valence-electron chi connectivity index (χ1n) is 9.19. The predicted octanol–water partition coefficient (Wildman–Crippen LogP) is 5.65. The van der Waals surface area contributed by atoms with Crippen LogP contribution in [0.25, 0.3) is 16.8 Å². The summed E-state index contributed by atoms with van der Waals surface area (Å²) in [7, 11) is 1.60. The standard InChI is InChI=1S/C23H19NO3S2/c1-3-27-20-13-15(11-12-19(20)26-2)14-21-22(25)24(23(28)29-21)18-10-6-8-16-7-4-5-9-17(16)18/h4-14H,3H2,1-2H3/b21-14-. The van der Waals surface area contributed by atoms with Gasteiger partial charge in [0.05, 0.1) is 24.3 Å². The third kappa shape index (κ3) is 3.73. The SMILES string of the molecule is CCOc1cc(/C=C2\SC(=S)N(c3cccc4ccccc34)C2=O)ccc1OC. The molecule has 29 heavy (non-hydrogen) atoms. The van der Waals surface area contributed by atoms with Crippen molar-refractivity contribution < 1.29 is 14.3 Å². The molecule has 0 bridgehead atoms. The summed E-state index contributed by atoms with van der Waals surface area (Å²) in [6.07, 6.45) is 1.84. The fourth-order valence-electron chi connectivity index (χ4n) is 3.28. The Labute approximate surface area is 179 Å². The largest absolute Gasteiger partial charge is 0.493 e. The zero-order valence-electron chi connectivity index (χ0n) is 16.0. The minimum atomic E-state index is -0.120. The maximum absolute atomic E-state index is 13.2. The molecule has 3 aromatic rings. The molecule has 0 saturated carbocycles. The van der Waals surface area contributed by atoms with Gasteiger partial charge in [-0.25, -0.2) is 0 Å². The number of hydrogen-bond donors (Lipinski definition) is 0. The fourth-order valence-corrected chi connectivity index (χ4v) is 4.57. The van der Waals surface area contributed by atoms with Crippen LogP contribution in [0.15, 0.2) is 65.6 Å². The Balaban J connectivity index is 1.71. The molecule has 0 radical (unpaired) electrons. The van der Waals surface area contributed by atoms with Crippen molar-refractivity contribution in [2.24, 2.45) is 0 Å². The Kier molecular flexibility index (Phi) is 5.56. The van der Waals surface area contributed by atoms with Crippen LogP contribution in [-0.4, -0.2) is 23.9 Å². The molecule has 0 spiro atoms. The number of amides is 1. The Morgan fingerprint density at radius 1 is 1.07 bits per heavy atom. The van der Waals surface area contributed by atoms with Gasteiger partial charge in [-0.1, -0.05) is 66.4 Å². The molecular weight excluding hydrogens is 402 g/mol. The second-order valence-electron chi connectivity index (χ2n) is 6.36. The summed E-state index contributed by atoms with van der Waals surface area (Å²) >= 11 is 6.85. The highest BCUT2D eigenvalue weighted by molar-refractivity contribution is 8.27. The van der Waals surface area contributed by atoms with Crippen molar-refractivity contribution in [1.82, 2.24) is 0 Å². The molecule has 1 aliphatic rings. The number of ether oxygens (including phenoxy) is 2. The Bertz CT molecular complexity index is 1130. The Hall–Kier alpha value is -2.83. The molecular formula is C23H19NO3S2. The van der Waals surface area contributed by atoms with Crippen LogP contribution in [0.2, 0.25) is 0 Å². The van der Waals surface area contributed by atoms with Crippen molar-refractivity contribution >= 4 is 56.7 Å². The van der Waals surface area contributed by atoms with Crippen LogP contribution in [0.3, 0.4) is 0 Å². The summed E-state index contributed by atoms with van der Waals surface area (Å²) in [5.74, 6) is 1.19. The van der Waals surface area contributed by atoms with Crippen LogP contribution >= 0.6 is 24.0 Å². The van der Waals surface area contributed by atoms with Crippen molar-refractivity contribution in [3.63, 3.8) is 0 Å². The average Bonchev–Trinajstić information content (AvgIpc) is 3.01. The molecule has 1 aliphatic heterocycles. The maximum Gasteiger partial charge on any atom is 0.270 e. The molecule has 0 aromatic heterocycles. The fraction of sp³-hybridized carbons (Fsp3) is 0.130. The van der Waals surface area contributed by atoms with E-state index in [1.54, 1.807) is 12.0 Å². The lowest BCUT2D eigenvalue weighted by Gasteiger charge is -2.17. The number of thioether (sulfide) groups is 1. The molecule has 1 heterocycles. The maximum atomic E-state index is 13.2. The molecule has 146 valence electrons. The number of anilines is 1. The van der Waals surface area contributed by atoms with E-state index in [4.69, 9.17) is 21.7 Å². The normalized spacial score (nSPS) is 15.4. The number of thiocarbonyl (C=S) groups is 1. The van der Waals surface area contributed by atoms with Gasteiger partial charge in [0.15, 0.2) is 15.8 Å². The van der Waals surface area contributed by atoms with E-state index in [-0.39, 0.29) is 5.91 Å². The number of carbonyl (C=O) groups excluding carboxylic acids is 1. The van der Waals surface area contributed by atoms with E-state index in [2.05, 4.69) is 0 Å². The van der Waals surface area contributed by atoms with Gasteiger partial charge in [-0.2, -0.15) is 0 Å². The molecule has 4 nitrogen and oxygen atoms in total. The lowest BCUT2D eigenvalue weighted by atomic mass is 10.1.